The molecule has 0 aliphatic rings. The van der Waals surface area contributed by atoms with E-state index in [4.69, 9.17) is 0 Å². The number of carbonyl (C=O) groups is 1. The highest BCUT2D eigenvalue weighted by Crippen LogP contribution is 2.22. The summed E-state index contributed by atoms with van der Waals surface area (Å²) >= 11 is 3.36. The monoisotopic (exact) mass is 374 g/mol. The van der Waals surface area contributed by atoms with Crippen LogP contribution in [-0.4, -0.2) is 32.3 Å². The van der Waals surface area contributed by atoms with Crippen molar-refractivity contribution in [2.75, 3.05) is 12.0 Å². The van der Waals surface area contributed by atoms with E-state index in [1.807, 2.05) is 6.92 Å². The van der Waals surface area contributed by atoms with Crippen LogP contribution >= 0.6 is 23.1 Å². The van der Waals surface area contributed by atoms with Crippen LogP contribution < -0.4 is 4.80 Å². The van der Waals surface area contributed by atoms with E-state index >= 15 is 0 Å². The summed E-state index contributed by atoms with van der Waals surface area (Å²) in [5.74, 6) is 0.741. The Balaban J connectivity index is 2.15. The first-order valence-corrected chi connectivity index (χ1v) is 10.5. The van der Waals surface area contributed by atoms with Crippen molar-refractivity contribution in [1.29, 1.82) is 0 Å². The number of hydrogen-bond acceptors (Lipinski definition) is 4. The van der Waals surface area contributed by atoms with Gasteiger partial charge in [-0.25, -0.2) is 0 Å². The van der Waals surface area contributed by atoms with Crippen molar-refractivity contribution >= 4 is 39.2 Å². The number of aromatic nitrogens is 3. The Morgan fingerprint density at radius 1 is 1.32 bits per heavy atom. The van der Waals surface area contributed by atoms with Crippen LogP contribution in [0.5, 0.6) is 0 Å². The van der Waals surface area contributed by atoms with E-state index in [0.29, 0.717) is 12.2 Å². The SMILES string of the molecule is CCn1nccc1C(=O)N=c1sc2cc(C)c(C)cc2n1CCSC. The highest BCUT2D eigenvalue weighted by atomic mass is 32.2. The summed E-state index contributed by atoms with van der Waals surface area (Å²) in [7, 11) is 0. The van der Waals surface area contributed by atoms with Gasteiger partial charge >= 0.3 is 0 Å². The van der Waals surface area contributed by atoms with Crippen molar-refractivity contribution in [3.63, 3.8) is 0 Å². The van der Waals surface area contributed by atoms with Gasteiger partial charge in [0.15, 0.2) is 4.80 Å². The van der Waals surface area contributed by atoms with E-state index in [1.54, 1.807) is 40.0 Å². The predicted octanol–water partition coefficient (Wildman–Crippen LogP) is 3.64. The van der Waals surface area contributed by atoms with Gasteiger partial charge in [0.1, 0.15) is 5.69 Å². The second-order valence-corrected chi connectivity index (χ2v) is 7.88. The number of carbonyl (C=O) groups excluding carboxylic acids is 1. The zero-order valence-electron chi connectivity index (χ0n) is 14.9. The number of hydrogen-bond donors (Lipinski definition) is 0. The van der Waals surface area contributed by atoms with Crippen molar-refractivity contribution in [1.82, 2.24) is 14.3 Å². The van der Waals surface area contributed by atoms with Crippen LogP contribution in [0.15, 0.2) is 29.4 Å². The molecule has 132 valence electrons. The molecule has 3 aromatic rings. The minimum absolute atomic E-state index is 0.239. The molecule has 0 aliphatic heterocycles. The lowest BCUT2D eigenvalue weighted by Gasteiger charge is -2.06. The molecule has 0 bridgehead atoms. The Hall–Kier alpha value is -1.86. The van der Waals surface area contributed by atoms with E-state index in [-0.39, 0.29) is 5.91 Å². The van der Waals surface area contributed by atoms with Crippen LogP contribution in [0.4, 0.5) is 0 Å². The van der Waals surface area contributed by atoms with Crippen molar-refractivity contribution < 1.29 is 4.79 Å². The standard InChI is InChI=1S/C18H22N4OS2/c1-5-22-14(6-7-19-22)17(23)20-18-21(8-9-24-4)15-10-12(2)13(3)11-16(15)25-18/h6-7,10-11H,5,8-9H2,1-4H3. The summed E-state index contributed by atoms with van der Waals surface area (Å²) in [5, 5.41) is 4.16. The minimum atomic E-state index is -0.239. The van der Waals surface area contributed by atoms with Crippen LogP contribution in [-0.2, 0) is 13.1 Å². The van der Waals surface area contributed by atoms with Crippen molar-refractivity contribution in [3.05, 3.63) is 46.0 Å². The van der Waals surface area contributed by atoms with Crippen LogP contribution in [0.3, 0.4) is 0 Å². The molecule has 0 atom stereocenters. The van der Waals surface area contributed by atoms with Gasteiger partial charge in [-0.1, -0.05) is 11.3 Å². The van der Waals surface area contributed by atoms with Crippen molar-refractivity contribution in [2.45, 2.75) is 33.9 Å². The van der Waals surface area contributed by atoms with Crippen LogP contribution in [0, 0.1) is 13.8 Å². The third-order valence-corrected chi connectivity index (χ3v) is 5.88. The molecule has 0 saturated carbocycles. The maximum Gasteiger partial charge on any atom is 0.297 e. The lowest BCUT2D eigenvalue weighted by atomic mass is 10.1. The molecule has 2 heterocycles. The van der Waals surface area contributed by atoms with Crippen LogP contribution in [0.1, 0.15) is 28.5 Å². The van der Waals surface area contributed by atoms with Crippen molar-refractivity contribution in [2.24, 2.45) is 4.99 Å². The first-order valence-electron chi connectivity index (χ1n) is 8.25. The first kappa shape index (κ1) is 17.9. The summed E-state index contributed by atoms with van der Waals surface area (Å²) in [6, 6.07) is 6.11. The number of aryl methyl sites for hydroxylation is 4. The van der Waals surface area contributed by atoms with E-state index < -0.39 is 0 Å². The molecule has 25 heavy (non-hydrogen) atoms. The summed E-state index contributed by atoms with van der Waals surface area (Å²) in [6.45, 7) is 7.69. The van der Waals surface area contributed by atoms with Gasteiger partial charge in [-0.3, -0.25) is 9.48 Å². The molecule has 3 rings (SSSR count). The van der Waals surface area contributed by atoms with Gasteiger partial charge in [0.25, 0.3) is 5.91 Å². The van der Waals surface area contributed by atoms with Gasteiger partial charge in [0, 0.05) is 25.0 Å². The molecule has 0 radical (unpaired) electrons. The number of amides is 1. The molecule has 0 aliphatic carbocycles. The first-order chi connectivity index (χ1) is 12.0. The fraction of sp³-hybridized carbons (Fsp3) is 0.389. The Bertz CT molecular complexity index is 981. The number of thiazole rings is 1. The molecule has 0 unspecified atom stereocenters. The van der Waals surface area contributed by atoms with Crippen molar-refractivity contribution in [3.8, 4) is 0 Å². The fourth-order valence-corrected chi connectivity index (χ4v) is 4.22. The molecule has 7 heteroatoms. The van der Waals surface area contributed by atoms with Gasteiger partial charge in [-0.2, -0.15) is 21.9 Å². The van der Waals surface area contributed by atoms with Crippen LogP contribution in [0.2, 0.25) is 0 Å². The average Bonchev–Trinajstić information content (AvgIpc) is 3.18. The zero-order chi connectivity index (χ0) is 18.0. The van der Waals surface area contributed by atoms with E-state index in [1.165, 1.54) is 15.8 Å². The summed E-state index contributed by atoms with van der Waals surface area (Å²) in [5.41, 5.74) is 4.19. The topological polar surface area (TPSA) is 52.2 Å². The molecule has 1 aromatic carbocycles. The number of thioether (sulfide) groups is 1. The largest absolute Gasteiger partial charge is 0.315 e. The summed E-state index contributed by atoms with van der Waals surface area (Å²) in [4.78, 5) is 17.8. The molecule has 5 nitrogen and oxygen atoms in total. The van der Waals surface area contributed by atoms with E-state index in [9.17, 15) is 4.79 Å². The minimum Gasteiger partial charge on any atom is -0.315 e. The Morgan fingerprint density at radius 3 is 2.80 bits per heavy atom. The number of benzene rings is 1. The van der Waals surface area contributed by atoms with Gasteiger partial charge in [-0.05, 0) is 56.4 Å². The third-order valence-electron chi connectivity index (χ3n) is 4.25. The second kappa shape index (κ2) is 7.58. The lowest BCUT2D eigenvalue weighted by Crippen LogP contribution is -2.19. The van der Waals surface area contributed by atoms with Gasteiger partial charge in [0.05, 0.1) is 10.2 Å². The molecule has 0 spiro atoms. The summed E-state index contributed by atoms with van der Waals surface area (Å²) in [6.07, 6.45) is 3.73. The normalized spacial score (nSPS) is 12.2. The molecule has 0 saturated heterocycles. The zero-order valence-corrected chi connectivity index (χ0v) is 16.6. The highest BCUT2D eigenvalue weighted by molar-refractivity contribution is 7.98. The lowest BCUT2D eigenvalue weighted by molar-refractivity contribution is 0.0987. The summed E-state index contributed by atoms with van der Waals surface area (Å²) < 4.78 is 5.01. The predicted molar refractivity (Wildman–Crippen MR) is 105 cm³/mol. The smallest absolute Gasteiger partial charge is 0.297 e. The number of rotatable bonds is 5. The van der Waals surface area contributed by atoms with Crippen LogP contribution in [0.25, 0.3) is 10.2 Å². The third kappa shape index (κ3) is 3.57. The number of nitrogens with zero attached hydrogens (tertiary/aromatic N) is 4. The van der Waals surface area contributed by atoms with E-state index in [2.05, 4.69) is 46.9 Å². The van der Waals surface area contributed by atoms with Gasteiger partial charge in [-0.15, -0.1) is 0 Å². The highest BCUT2D eigenvalue weighted by Gasteiger charge is 2.13. The average molecular weight is 375 g/mol. The molecular weight excluding hydrogens is 352 g/mol. The van der Waals surface area contributed by atoms with E-state index in [0.717, 1.165) is 22.6 Å². The maximum atomic E-state index is 12.7. The Labute approximate surface area is 155 Å². The quantitative estimate of drug-likeness (QED) is 0.685. The van der Waals surface area contributed by atoms with Gasteiger partial charge < -0.3 is 4.57 Å². The maximum absolute atomic E-state index is 12.7. The molecule has 0 N–H and O–H groups in total. The Morgan fingerprint density at radius 2 is 2.08 bits per heavy atom. The second-order valence-electron chi connectivity index (χ2n) is 5.88. The fourth-order valence-electron chi connectivity index (χ4n) is 2.72. The molecule has 2 aromatic heterocycles. The number of fused-ring (bicyclic) bond motifs is 1. The Kier molecular flexibility index (Phi) is 5.44. The molecule has 0 fully saturated rings. The van der Waals surface area contributed by atoms with Gasteiger partial charge in [0.2, 0.25) is 0 Å². The molecule has 1 amide bonds. The molecular formula is C18H22N4OS2.